The summed E-state index contributed by atoms with van der Waals surface area (Å²) in [6.45, 7) is 4.18. The SMILES string of the molecule is CCCOc1cc(CC)c(C(=O)O)c(C(=O)O)c1. The molecule has 0 aliphatic rings. The third kappa shape index (κ3) is 3.00. The van der Waals surface area contributed by atoms with Crippen molar-refractivity contribution in [2.24, 2.45) is 0 Å². The first-order chi connectivity index (χ1) is 8.51. The molecule has 0 fully saturated rings. The molecule has 1 aromatic carbocycles. The summed E-state index contributed by atoms with van der Waals surface area (Å²) < 4.78 is 5.37. The van der Waals surface area contributed by atoms with E-state index in [1.165, 1.54) is 6.07 Å². The lowest BCUT2D eigenvalue weighted by molar-refractivity contribution is 0.0650. The van der Waals surface area contributed by atoms with Crippen molar-refractivity contribution < 1.29 is 24.5 Å². The number of carbonyl (C=O) groups is 2. The summed E-state index contributed by atoms with van der Waals surface area (Å²) >= 11 is 0. The van der Waals surface area contributed by atoms with Crippen LogP contribution < -0.4 is 4.74 Å². The van der Waals surface area contributed by atoms with E-state index in [1.807, 2.05) is 6.92 Å². The molecular weight excluding hydrogens is 236 g/mol. The second-order valence-corrected chi connectivity index (χ2v) is 3.82. The molecule has 0 saturated heterocycles. The molecule has 18 heavy (non-hydrogen) atoms. The van der Waals surface area contributed by atoms with Crippen LogP contribution in [-0.4, -0.2) is 28.8 Å². The van der Waals surface area contributed by atoms with Gasteiger partial charge in [0.05, 0.1) is 17.7 Å². The smallest absolute Gasteiger partial charge is 0.336 e. The maximum Gasteiger partial charge on any atom is 0.336 e. The van der Waals surface area contributed by atoms with Crippen LogP contribution in [0.2, 0.25) is 0 Å². The van der Waals surface area contributed by atoms with Gasteiger partial charge in [-0.1, -0.05) is 13.8 Å². The van der Waals surface area contributed by atoms with E-state index in [0.29, 0.717) is 24.3 Å². The van der Waals surface area contributed by atoms with Crippen molar-refractivity contribution in [3.63, 3.8) is 0 Å². The van der Waals surface area contributed by atoms with Crippen LogP contribution in [0, 0.1) is 0 Å². The van der Waals surface area contributed by atoms with Gasteiger partial charge in [-0.3, -0.25) is 0 Å². The molecule has 0 heterocycles. The number of aromatic carboxylic acids is 2. The Balaban J connectivity index is 3.34. The minimum absolute atomic E-state index is 0.158. The second kappa shape index (κ2) is 6.05. The molecule has 0 amide bonds. The van der Waals surface area contributed by atoms with E-state index in [9.17, 15) is 9.59 Å². The molecule has 0 atom stereocenters. The van der Waals surface area contributed by atoms with Gasteiger partial charge in [0.15, 0.2) is 0 Å². The Morgan fingerprint density at radius 2 is 1.83 bits per heavy atom. The van der Waals surface area contributed by atoms with E-state index in [0.717, 1.165) is 6.42 Å². The van der Waals surface area contributed by atoms with Gasteiger partial charge in [0.2, 0.25) is 0 Å². The van der Waals surface area contributed by atoms with Gasteiger partial charge in [-0.15, -0.1) is 0 Å². The van der Waals surface area contributed by atoms with E-state index in [2.05, 4.69) is 0 Å². The highest BCUT2D eigenvalue weighted by Gasteiger charge is 2.21. The van der Waals surface area contributed by atoms with Crippen LogP contribution in [0.15, 0.2) is 12.1 Å². The van der Waals surface area contributed by atoms with Gasteiger partial charge in [0.1, 0.15) is 5.75 Å². The molecule has 1 aromatic rings. The van der Waals surface area contributed by atoms with Crippen molar-refractivity contribution in [3.8, 4) is 5.75 Å². The van der Waals surface area contributed by atoms with Crippen LogP contribution in [0.25, 0.3) is 0 Å². The zero-order chi connectivity index (χ0) is 13.7. The Morgan fingerprint density at radius 1 is 1.17 bits per heavy atom. The van der Waals surface area contributed by atoms with Crippen LogP contribution in [0.1, 0.15) is 46.5 Å². The van der Waals surface area contributed by atoms with Gasteiger partial charge < -0.3 is 14.9 Å². The number of carboxylic acid groups (broad SMARTS) is 2. The predicted molar refractivity (Wildman–Crippen MR) is 65.5 cm³/mol. The molecule has 0 aliphatic carbocycles. The number of benzene rings is 1. The Bertz CT molecular complexity index is 465. The fraction of sp³-hybridized carbons (Fsp3) is 0.385. The first kappa shape index (κ1) is 14.0. The van der Waals surface area contributed by atoms with Gasteiger partial charge in [0, 0.05) is 0 Å². The normalized spacial score (nSPS) is 10.1. The molecule has 2 N–H and O–H groups in total. The van der Waals surface area contributed by atoms with Crippen LogP contribution >= 0.6 is 0 Å². The van der Waals surface area contributed by atoms with Crippen LogP contribution in [-0.2, 0) is 6.42 Å². The third-order valence-corrected chi connectivity index (χ3v) is 2.49. The Hall–Kier alpha value is -2.04. The van der Waals surface area contributed by atoms with E-state index in [4.69, 9.17) is 14.9 Å². The Morgan fingerprint density at radius 3 is 2.28 bits per heavy atom. The number of ether oxygens (including phenoxy) is 1. The number of carboxylic acids is 2. The van der Waals surface area contributed by atoms with Crippen LogP contribution in [0.3, 0.4) is 0 Å². The molecule has 0 aromatic heterocycles. The summed E-state index contributed by atoms with van der Waals surface area (Å²) in [5.41, 5.74) is 0.0790. The molecular formula is C13H16O5. The average Bonchev–Trinajstić information content (AvgIpc) is 2.34. The van der Waals surface area contributed by atoms with Crippen molar-refractivity contribution in [3.05, 3.63) is 28.8 Å². The summed E-state index contributed by atoms with van der Waals surface area (Å²) in [4.78, 5) is 22.2. The van der Waals surface area contributed by atoms with Gasteiger partial charge in [-0.05, 0) is 30.5 Å². The maximum absolute atomic E-state index is 11.1. The van der Waals surface area contributed by atoms with Crippen molar-refractivity contribution in [2.45, 2.75) is 26.7 Å². The van der Waals surface area contributed by atoms with E-state index in [-0.39, 0.29) is 11.1 Å². The molecule has 0 saturated carbocycles. The molecule has 98 valence electrons. The van der Waals surface area contributed by atoms with Gasteiger partial charge in [-0.2, -0.15) is 0 Å². The summed E-state index contributed by atoms with van der Waals surface area (Å²) in [5.74, 6) is -2.09. The molecule has 1 rings (SSSR count). The molecule has 0 spiro atoms. The highest BCUT2D eigenvalue weighted by Crippen LogP contribution is 2.24. The molecule has 5 heteroatoms. The monoisotopic (exact) mass is 252 g/mol. The fourth-order valence-electron chi connectivity index (χ4n) is 1.68. The minimum Gasteiger partial charge on any atom is -0.494 e. The lowest BCUT2D eigenvalue weighted by atomic mass is 9.98. The van der Waals surface area contributed by atoms with Crippen molar-refractivity contribution in [1.82, 2.24) is 0 Å². The van der Waals surface area contributed by atoms with Crippen molar-refractivity contribution >= 4 is 11.9 Å². The lowest BCUT2D eigenvalue weighted by Crippen LogP contribution is -2.12. The Kier molecular flexibility index (Phi) is 4.71. The highest BCUT2D eigenvalue weighted by atomic mass is 16.5. The largest absolute Gasteiger partial charge is 0.494 e. The number of hydrogen-bond donors (Lipinski definition) is 2. The van der Waals surface area contributed by atoms with E-state index >= 15 is 0 Å². The first-order valence-corrected chi connectivity index (χ1v) is 5.77. The van der Waals surface area contributed by atoms with Crippen molar-refractivity contribution in [1.29, 1.82) is 0 Å². The molecule has 5 nitrogen and oxygen atoms in total. The zero-order valence-electron chi connectivity index (χ0n) is 10.4. The first-order valence-electron chi connectivity index (χ1n) is 5.77. The van der Waals surface area contributed by atoms with Crippen molar-refractivity contribution in [2.75, 3.05) is 6.61 Å². The van der Waals surface area contributed by atoms with Crippen LogP contribution in [0.5, 0.6) is 5.75 Å². The highest BCUT2D eigenvalue weighted by molar-refractivity contribution is 6.03. The third-order valence-electron chi connectivity index (χ3n) is 2.49. The quantitative estimate of drug-likeness (QED) is 0.812. The van der Waals surface area contributed by atoms with E-state index < -0.39 is 11.9 Å². The number of aryl methyl sites for hydroxylation is 1. The summed E-state index contributed by atoms with van der Waals surface area (Å²) in [5, 5.41) is 18.2. The predicted octanol–water partition coefficient (Wildman–Crippen LogP) is 2.43. The standard InChI is InChI=1S/C13H16O5/c1-3-5-18-9-6-8(4-2)11(13(16)17)10(7-9)12(14)15/h6-7H,3-5H2,1-2H3,(H,14,15)(H,16,17). The second-order valence-electron chi connectivity index (χ2n) is 3.82. The fourth-order valence-corrected chi connectivity index (χ4v) is 1.68. The zero-order valence-corrected chi connectivity index (χ0v) is 10.4. The Labute approximate surface area is 105 Å². The van der Waals surface area contributed by atoms with E-state index in [1.54, 1.807) is 13.0 Å². The van der Waals surface area contributed by atoms with Gasteiger partial charge >= 0.3 is 11.9 Å². The molecule has 0 radical (unpaired) electrons. The summed E-state index contributed by atoms with van der Waals surface area (Å²) in [6.07, 6.45) is 1.23. The maximum atomic E-state index is 11.1. The van der Waals surface area contributed by atoms with Gasteiger partial charge in [0.25, 0.3) is 0 Å². The van der Waals surface area contributed by atoms with Gasteiger partial charge in [-0.25, -0.2) is 9.59 Å². The average molecular weight is 252 g/mol. The summed E-state index contributed by atoms with van der Waals surface area (Å²) in [7, 11) is 0. The molecule has 0 bridgehead atoms. The van der Waals surface area contributed by atoms with Crippen LogP contribution in [0.4, 0.5) is 0 Å². The summed E-state index contributed by atoms with van der Waals surface area (Å²) in [6, 6.07) is 2.85. The molecule has 0 unspecified atom stereocenters. The topological polar surface area (TPSA) is 83.8 Å². The number of rotatable bonds is 6. The minimum atomic E-state index is -1.26. The number of hydrogen-bond acceptors (Lipinski definition) is 3. The molecule has 0 aliphatic heterocycles. The lowest BCUT2D eigenvalue weighted by Gasteiger charge is -2.12.